The SMILES string of the molecule is Cc1c(N)cccc1NCCCN1CCCCC1C. The molecule has 1 aliphatic rings. The molecule has 1 heterocycles. The fraction of sp³-hybridized carbons (Fsp3) is 0.625. The highest BCUT2D eigenvalue weighted by Crippen LogP contribution is 2.20. The summed E-state index contributed by atoms with van der Waals surface area (Å²) >= 11 is 0. The van der Waals surface area contributed by atoms with Crippen LogP contribution in [0, 0.1) is 6.92 Å². The molecule has 2 rings (SSSR count). The normalized spacial score (nSPS) is 20.4. The van der Waals surface area contributed by atoms with E-state index >= 15 is 0 Å². The highest BCUT2D eigenvalue weighted by atomic mass is 15.2. The zero-order chi connectivity index (χ0) is 13.7. The number of piperidine rings is 1. The first-order chi connectivity index (χ1) is 9.18. The van der Waals surface area contributed by atoms with E-state index in [0.29, 0.717) is 0 Å². The minimum Gasteiger partial charge on any atom is -0.398 e. The third-order valence-electron chi connectivity index (χ3n) is 4.25. The molecule has 0 bridgehead atoms. The van der Waals surface area contributed by atoms with Gasteiger partial charge in [-0.2, -0.15) is 0 Å². The number of rotatable bonds is 5. The van der Waals surface area contributed by atoms with Gasteiger partial charge in [-0.3, -0.25) is 0 Å². The molecule has 3 N–H and O–H groups in total. The molecule has 106 valence electrons. The van der Waals surface area contributed by atoms with Crippen LogP contribution < -0.4 is 11.1 Å². The summed E-state index contributed by atoms with van der Waals surface area (Å²) in [5, 5.41) is 3.50. The summed E-state index contributed by atoms with van der Waals surface area (Å²) in [6.07, 6.45) is 5.32. The van der Waals surface area contributed by atoms with E-state index in [1.807, 2.05) is 12.1 Å². The van der Waals surface area contributed by atoms with Crippen molar-refractivity contribution in [1.82, 2.24) is 4.90 Å². The minimum absolute atomic E-state index is 0.767. The number of nitrogens with two attached hydrogens (primary N) is 1. The van der Waals surface area contributed by atoms with E-state index in [4.69, 9.17) is 5.73 Å². The molecule has 1 aromatic carbocycles. The van der Waals surface area contributed by atoms with Crippen molar-refractivity contribution in [2.45, 2.75) is 45.6 Å². The Kier molecular flexibility index (Phi) is 5.08. The maximum atomic E-state index is 5.91. The molecule has 1 atom stereocenters. The van der Waals surface area contributed by atoms with Crippen molar-refractivity contribution in [2.24, 2.45) is 0 Å². The lowest BCUT2D eigenvalue weighted by molar-refractivity contribution is 0.160. The van der Waals surface area contributed by atoms with Crippen LogP contribution in [0.2, 0.25) is 0 Å². The molecule has 0 spiro atoms. The van der Waals surface area contributed by atoms with E-state index in [1.165, 1.54) is 44.5 Å². The van der Waals surface area contributed by atoms with Crippen molar-refractivity contribution in [1.29, 1.82) is 0 Å². The van der Waals surface area contributed by atoms with Gasteiger partial charge in [0.05, 0.1) is 0 Å². The zero-order valence-corrected chi connectivity index (χ0v) is 12.3. The Bertz CT molecular complexity index is 403. The quantitative estimate of drug-likeness (QED) is 0.631. The number of nitrogens with zero attached hydrogens (tertiary/aromatic N) is 1. The molecule has 0 radical (unpaired) electrons. The first kappa shape index (κ1) is 14.2. The van der Waals surface area contributed by atoms with Crippen molar-refractivity contribution in [3.8, 4) is 0 Å². The number of anilines is 2. The topological polar surface area (TPSA) is 41.3 Å². The largest absolute Gasteiger partial charge is 0.398 e. The lowest BCUT2D eigenvalue weighted by Crippen LogP contribution is -2.38. The molecule has 1 aromatic rings. The van der Waals surface area contributed by atoms with Gasteiger partial charge in [0, 0.05) is 30.5 Å². The van der Waals surface area contributed by atoms with Gasteiger partial charge in [-0.05, 0) is 57.4 Å². The molecule has 0 aromatic heterocycles. The first-order valence-electron chi connectivity index (χ1n) is 7.51. The predicted molar refractivity (Wildman–Crippen MR) is 83.6 cm³/mol. The van der Waals surface area contributed by atoms with Gasteiger partial charge >= 0.3 is 0 Å². The van der Waals surface area contributed by atoms with Gasteiger partial charge in [-0.25, -0.2) is 0 Å². The third kappa shape index (κ3) is 3.87. The van der Waals surface area contributed by atoms with Crippen LogP contribution in [0.15, 0.2) is 18.2 Å². The van der Waals surface area contributed by atoms with Gasteiger partial charge in [0.15, 0.2) is 0 Å². The molecular formula is C16H27N3. The predicted octanol–water partition coefficient (Wildman–Crippen LogP) is 3.25. The summed E-state index contributed by atoms with van der Waals surface area (Å²) in [5.41, 5.74) is 9.12. The van der Waals surface area contributed by atoms with Crippen LogP contribution in [-0.2, 0) is 0 Å². The number of nitrogens with one attached hydrogen (secondary N) is 1. The van der Waals surface area contributed by atoms with Gasteiger partial charge in [0.1, 0.15) is 0 Å². The Labute approximate surface area is 117 Å². The average Bonchev–Trinajstić information content (AvgIpc) is 2.41. The summed E-state index contributed by atoms with van der Waals surface area (Å²) < 4.78 is 0. The lowest BCUT2D eigenvalue weighted by Gasteiger charge is -2.33. The number of nitrogen functional groups attached to an aromatic ring is 1. The van der Waals surface area contributed by atoms with E-state index in [9.17, 15) is 0 Å². The molecule has 19 heavy (non-hydrogen) atoms. The summed E-state index contributed by atoms with van der Waals surface area (Å²) in [6.45, 7) is 7.93. The fourth-order valence-corrected chi connectivity index (χ4v) is 2.84. The lowest BCUT2D eigenvalue weighted by atomic mass is 10.0. The maximum absolute atomic E-state index is 5.91. The maximum Gasteiger partial charge on any atom is 0.0390 e. The molecule has 1 fully saturated rings. The Morgan fingerprint density at radius 3 is 3.00 bits per heavy atom. The van der Waals surface area contributed by atoms with E-state index in [2.05, 4.69) is 30.1 Å². The Morgan fingerprint density at radius 1 is 1.37 bits per heavy atom. The zero-order valence-electron chi connectivity index (χ0n) is 12.3. The van der Waals surface area contributed by atoms with E-state index in [1.54, 1.807) is 0 Å². The van der Waals surface area contributed by atoms with Gasteiger partial charge in [0.25, 0.3) is 0 Å². The van der Waals surface area contributed by atoms with Crippen molar-refractivity contribution in [3.05, 3.63) is 23.8 Å². The van der Waals surface area contributed by atoms with Gasteiger partial charge in [-0.15, -0.1) is 0 Å². The summed E-state index contributed by atoms with van der Waals surface area (Å²) in [4.78, 5) is 2.62. The number of benzene rings is 1. The molecule has 1 unspecified atom stereocenters. The van der Waals surface area contributed by atoms with Crippen LogP contribution in [0.5, 0.6) is 0 Å². The van der Waals surface area contributed by atoms with E-state index in [-0.39, 0.29) is 0 Å². The van der Waals surface area contributed by atoms with Crippen LogP contribution in [-0.4, -0.2) is 30.6 Å². The highest BCUT2D eigenvalue weighted by molar-refractivity contribution is 5.62. The summed E-state index contributed by atoms with van der Waals surface area (Å²) in [7, 11) is 0. The standard InChI is InChI=1S/C16H27N3/c1-13-7-3-4-11-19(13)12-6-10-18-16-9-5-8-15(17)14(16)2/h5,8-9,13,18H,3-4,6-7,10-12,17H2,1-2H3. The van der Waals surface area contributed by atoms with Crippen molar-refractivity contribution in [2.75, 3.05) is 30.7 Å². The van der Waals surface area contributed by atoms with Crippen molar-refractivity contribution >= 4 is 11.4 Å². The highest BCUT2D eigenvalue weighted by Gasteiger charge is 2.16. The molecule has 0 aliphatic carbocycles. The monoisotopic (exact) mass is 261 g/mol. The Balaban J connectivity index is 1.73. The summed E-state index contributed by atoms with van der Waals surface area (Å²) in [6, 6.07) is 6.84. The first-order valence-corrected chi connectivity index (χ1v) is 7.51. The van der Waals surface area contributed by atoms with E-state index < -0.39 is 0 Å². The minimum atomic E-state index is 0.767. The second kappa shape index (κ2) is 6.80. The molecule has 3 nitrogen and oxygen atoms in total. The van der Waals surface area contributed by atoms with Crippen LogP contribution in [0.1, 0.15) is 38.2 Å². The Hall–Kier alpha value is -1.22. The fourth-order valence-electron chi connectivity index (χ4n) is 2.84. The van der Waals surface area contributed by atoms with Gasteiger partial charge in [-0.1, -0.05) is 12.5 Å². The van der Waals surface area contributed by atoms with Crippen LogP contribution in [0.25, 0.3) is 0 Å². The molecular weight excluding hydrogens is 234 g/mol. The van der Waals surface area contributed by atoms with Crippen molar-refractivity contribution < 1.29 is 0 Å². The second-order valence-corrected chi connectivity index (χ2v) is 5.68. The number of likely N-dealkylation sites (tertiary alicyclic amines) is 1. The number of hydrogen-bond acceptors (Lipinski definition) is 3. The van der Waals surface area contributed by atoms with Crippen LogP contribution >= 0.6 is 0 Å². The smallest absolute Gasteiger partial charge is 0.0390 e. The van der Waals surface area contributed by atoms with Crippen LogP contribution in [0.3, 0.4) is 0 Å². The van der Waals surface area contributed by atoms with Crippen molar-refractivity contribution in [3.63, 3.8) is 0 Å². The van der Waals surface area contributed by atoms with Gasteiger partial charge < -0.3 is 16.0 Å². The number of hydrogen-bond donors (Lipinski definition) is 2. The molecule has 0 amide bonds. The second-order valence-electron chi connectivity index (χ2n) is 5.68. The average molecular weight is 261 g/mol. The Morgan fingerprint density at radius 2 is 2.21 bits per heavy atom. The molecule has 1 saturated heterocycles. The molecule has 0 saturated carbocycles. The summed E-state index contributed by atoms with van der Waals surface area (Å²) in [5.74, 6) is 0. The van der Waals surface area contributed by atoms with Gasteiger partial charge in [0.2, 0.25) is 0 Å². The molecule has 1 aliphatic heterocycles. The van der Waals surface area contributed by atoms with E-state index in [0.717, 1.165) is 23.8 Å². The third-order valence-corrected chi connectivity index (χ3v) is 4.25. The molecule has 3 heteroatoms. The van der Waals surface area contributed by atoms with Crippen LogP contribution in [0.4, 0.5) is 11.4 Å².